The summed E-state index contributed by atoms with van der Waals surface area (Å²) in [5, 5.41) is 7.78. The molecule has 0 N–H and O–H groups in total. The van der Waals surface area contributed by atoms with Gasteiger partial charge in [-0.15, -0.1) is 0 Å². The third kappa shape index (κ3) is 3.17. The summed E-state index contributed by atoms with van der Waals surface area (Å²) in [6.07, 6.45) is 0. The largest absolute Gasteiger partial charge is 0.309 e. The fraction of sp³-hybridized carbons (Fsp3) is 0. The highest BCUT2D eigenvalue weighted by molar-refractivity contribution is 7.99. The topological polar surface area (TPSA) is 4.93 Å². The lowest BCUT2D eigenvalue weighted by Crippen LogP contribution is -1.95. The van der Waals surface area contributed by atoms with Crippen LogP contribution in [0.25, 0.3) is 71.3 Å². The van der Waals surface area contributed by atoms with Crippen molar-refractivity contribution in [2.24, 2.45) is 0 Å². The lowest BCUT2D eigenvalue weighted by Gasteiger charge is -2.21. The van der Waals surface area contributed by atoms with E-state index in [1.807, 2.05) is 11.8 Å². The second-order valence-corrected chi connectivity index (χ2v) is 11.7. The van der Waals surface area contributed by atoms with Crippen LogP contribution in [-0.2, 0) is 0 Å². The molecule has 1 aromatic heterocycles. The monoisotopic (exact) mass is 525 g/mol. The number of hydrogen-bond acceptors (Lipinski definition) is 1. The van der Waals surface area contributed by atoms with Gasteiger partial charge in [-0.3, -0.25) is 0 Å². The molecular weight excluding hydrogens is 502 g/mol. The van der Waals surface area contributed by atoms with Gasteiger partial charge in [0, 0.05) is 31.6 Å². The summed E-state index contributed by atoms with van der Waals surface area (Å²) < 4.78 is 2.42. The first-order chi connectivity index (χ1) is 19.8. The van der Waals surface area contributed by atoms with Crippen molar-refractivity contribution in [3.05, 3.63) is 140 Å². The second-order valence-electron chi connectivity index (χ2n) is 10.6. The Balaban J connectivity index is 1.25. The molecule has 0 fully saturated rings. The molecule has 0 aliphatic carbocycles. The van der Waals surface area contributed by atoms with E-state index in [2.05, 4.69) is 144 Å². The Morgan fingerprint density at radius 3 is 2.10 bits per heavy atom. The number of rotatable bonds is 2. The fourth-order valence-corrected chi connectivity index (χ4v) is 7.63. The fourth-order valence-electron chi connectivity index (χ4n) is 6.50. The summed E-state index contributed by atoms with van der Waals surface area (Å²) in [4.78, 5) is 2.66. The van der Waals surface area contributed by atoms with Gasteiger partial charge in [-0.05, 0) is 86.9 Å². The van der Waals surface area contributed by atoms with Gasteiger partial charge >= 0.3 is 0 Å². The van der Waals surface area contributed by atoms with Crippen molar-refractivity contribution < 1.29 is 0 Å². The highest BCUT2D eigenvalue weighted by Gasteiger charge is 2.20. The van der Waals surface area contributed by atoms with Crippen LogP contribution >= 0.6 is 11.8 Å². The zero-order valence-electron chi connectivity index (χ0n) is 21.6. The first-order valence-corrected chi connectivity index (χ1v) is 14.5. The Labute approximate surface area is 236 Å². The van der Waals surface area contributed by atoms with Crippen LogP contribution in [0.5, 0.6) is 0 Å². The lowest BCUT2D eigenvalue weighted by molar-refractivity contribution is 1.18. The Bertz CT molecular complexity index is 2300. The van der Waals surface area contributed by atoms with Crippen LogP contribution in [0.15, 0.2) is 149 Å². The molecule has 40 heavy (non-hydrogen) atoms. The number of hydrogen-bond donors (Lipinski definition) is 0. The quantitative estimate of drug-likeness (QED) is 0.217. The third-order valence-corrected chi connectivity index (χ3v) is 9.47. The van der Waals surface area contributed by atoms with E-state index in [0.29, 0.717) is 0 Å². The standard InChI is InChI=1S/C38H23NS/c1-2-9-27-23-35-32(21-26(27)8-1)30-14-3-4-16-34(30)39(35)29-13-5-12-25(20-29)28-18-19-36-33(22-28)31-15-6-10-24-11-7-17-37(40-36)38(24)31/h1-23H. The number of benzene rings is 7. The van der Waals surface area contributed by atoms with E-state index in [4.69, 9.17) is 0 Å². The molecule has 0 atom stereocenters. The second kappa shape index (κ2) is 8.35. The van der Waals surface area contributed by atoms with Crippen molar-refractivity contribution in [1.82, 2.24) is 4.57 Å². The molecule has 7 aromatic carbocycles. The summed E-state index contributed by atoms with van der Waals surface area (Å²) in [7, 11) is 0. The van der Waals surface area contributed by atoms with E-state index < -0.39 is 0 Å². The highest BCUT2D eigenvalue weighted by atomic mass is 32.2. The van der Waals surface area contributed by atoms with Crippen molar-refractivity contribution in [2.75, 3.05) is 0 Å². The average molecular weight is 526 g/mol. The number of para-hydroxylation sites is 1. The molecular formula is C38H23NS. The van der Waals surface area contributed by atoms with Crippen LogP contribution in [0.4, 0.5) is 0 Å². The van der Waals surface area contributed by atoms with Gasteiger partial charge in [-0.2, -0.15) is 0 Å². The summed E-state index contributed by atoms with van der Waals surface area (Å²) in [5.41, 5.74) is 8.76. The summed E-state index contributed by atoms with van der Waals surface area (Å²) >= 11 is 1.88. The molecule has 1 aliphatic rings. The zero-order chi connectivity index (χ0) is 26.2. The maximum Gasteiger partial charge on any atom is 0.0547 e. The third-order valence-electron chi connectivity index (χ3n) is 8.33. The van der Waals surface area contributed by atoms with Gasteiger partial charge in [0.25, 0.3) is 0 Å². The predicted molar refractivity (Wildman–Crippen MR) is 171 cm³/mol. The van der Waals surface area contributed by atoms with Crippen molar-refractivity contribution in [1.29, 1.82) is 0 Å². The first kappa shape index (κ1) is 22.1. The Hall–Kier alpha value is -4.79. The summed E-state index contributed by atoms with van der Waals surface area (Å²) in [5.74, 6) is 0. The molecule has 0 bridgehead atoms. The number of aromatic nitrogens is 1. The predicted octanol–water partition coefficient (Wildman–Crippen LogP) is 10.9. The van der Waals surface area contributed by atoms with Gasteiger partial charge in [0.2, 0.25) is 0 Å². The van der Waals surface area contributed by atoms with Crippen LogP contribution in [0.3, 0.4) is 0 Å². The molecule has 0 saturated carbocycles. The number of fused-ring (bicyclic) bond motifs is 6. The smallest absolute Gasteiger partial charge is 0.0547 e. The van der Waals surface area contributed by atoms with Gasteiger partial charge in [-0.25, -0.2) is 0 Å². The van der Waals surface area contributed by atoms with E-state index in [0.717, 1.165) is 0 Å². The van der Waals surface area contributed by atoms with Gasteiger partial charge in [0.05, 0.1) is 11.0 Å². The molecule has 2 heterocycles. The van der Waals surface area contributed by atoms with Crippen molar-refractivity contribution in [3.8, 4) is 27.9 Å². The van der Waals surface area contributed by atoms with Gasteiger partial charge in [-0.1, -0.05) is 103 Å². The molecule has 2 heteroatoms. The van der Waals surface area contributed by atoms with E-state index in [1.54, 1.807) is 0 Å². The molecule has 0 amide bonds. The Morgan fingerprint density at radius 2 is 1.18 bits per heavy atom. The van der Waals surface area contributed by atoms with E-state index in [-0.39, 0.29) is 0 Å². The van der Waals surface area contributed by atoms with Crippen LogP contribution in [0, 0.1) is 0 Å². The van der Waals surface area contributed by atoms with Crippen LogP contribution in [0.2, 0.25) is 0 Å². The maximum absolute atomic E-state index is 2.42. The molecule has 0 saturated heterocycles. The highest BCUT2D eigenvalue weighted by Crippen LogP contribution is 2.48. The van der Waals surface area contributed by atoms with Gasteiger partial charge in [0.15, 0.2) is 0 Å². The minimum atomic E-state index is 1.18. The first-order valence-electron chi connectivity index (χ1n) is 13.7. The van der Waals surface area contributed by atoms with Crippen molar-refractivity contribution >= 4 is 55.1 Å². The minimum Gasteiger partial charge on any atom is -0.309 e. The molecule has 1 aliphatic heterocycles. The van der Waals surface area contributed by atoms with Crippen LogP contribution in [-0.4, -0.2) is 4.57 Å². The molecule has 0 radical (unpaired) electrons. The zero-order valence-corrected chi connectivity index (χ0v) is 22.5. The van der Waals surface area contributed by atoms with Crippen molar-refractivity contribution in [2.45, 2.75) is 9.79 Å². The van der Waals surface area contributed by atoms with E-state index in [9.17, 15) is 0 Å². The van der Waals surface area contributed by atoms with Gasteiger partial charge < -0.3 is 4.57 Å². The lowest BCUT2D eigenvalue weighted by atomic mass is 9.94. The van der Waals surface area contributed by atoms with E-state index in [1.165, 1.54) is 81.1 Å². The molecule has 0 spiro atoms. The maximum atomic E-state index is 2.42. The molecule has 9 rings (SSSR count). The Morgan fingerprint density at radius 1 is 0.425 bits per heavy atom. The average Bonchev–Trinajstić information content (AvgIpc) is 3.33. The SMILES string of the molecule is c1cc(-c2ccc3c(c2)-c2cccc4cccc(c24)S3)cc(-n2c3ccccc3c3cc4ccccc4cc32)c1. The number of nitrogens with zero attached hydrogens (tertiary/aromatic N) is 1. The van der Waals surface area contributed by atoms with E-state index >= 15 is 0 Å². The normalized spacial score (nSPS) is 12.4. The molecule has 8 aromatic rings. The summed E-state index contributed by atoms with van der Waals surface area (Å²) in [6.45, 7) is 0. The van der Waals surface area contributed by atoms with Crippen LogP contribution < -0.4 is 0 Å². The molecule has 186 valence electrons. The minimum absolute atomic E-state index is 1.18. The molecule has 0 unspecified atom stereocenters. The van der Waals surface area contributed by atoms with Gasteiger partial charge in [0.1, 0.15) is 0 Å². The van der Waals surface area contributed by atoms with Crippen molar-refractivity contribution in [3.63, 3.8) is 0 Å². The van der Waals surface area contributed by atoms with Crippen LogP contribution in [0.1, 0.15) is 0 Å². The summed E-state index contributed by atoms with van der Waals surface area (Å²) in [6, 6.07) is 51.3. The Kier molecular flexibility index (Phi) is 4.61. The molecule has 1 nitrogen and oxygen atoms in total.